The fourth-order valence-corrected chi connectivity index (χ4v) is 0.585. The largest absolute Gasteiger partial charge is 0.493 e. The molecule has 0 unspecified atom stereocenters. The normalized spacial score (nSPS) is 10.7. The lowest BCUT2D eigenvalue weighted by Crippen LogP contribution is -2.02. The molecule has 0 fully saturated rings. The molecule has 0 aromatic carbocycles. The molecule has 0 heterocycles. The molecule has 0 spiro atoms. The Hall–Kier alpha value is -1.22. The number of ether oxygens (including phenoxy) is 2. The SMILES string of the molecule is C=CC=C(OCCO)C(=C)OC. The van der Waals surface area contributed by atoms with Crippen LogP contribution < -0.4 is 0 Å². The predicted octanol–water partition coefficient (Wildman–Crippen LogP) is 1.23. The van der Waals surface area contributed by atoms with Gasteiger partial charge < -0.3 is 14.6 Å². The summed E-state index contributed by atoms with van der Waals surface area (Å²) in [7, 11) is 1.50. The molecular formula is C9H14O3. The Balaban J connectivity index is 4.13. The fourth-order valence-electron chi connectivity index (χ4n) is 0.585. The summed E-state index contributed by atoms with van der Waals surface area (Å²) in [4.78, 5) is 0. The molecule has 0 atom stereocenters. The number of aliphatic hydroxyl groups excluding tert-OH is 1. The first-order valence-corrected chi connectivity index (χ1v) is 3.56. The van der Waals surface area contributed by atoms with E-state index in [9.17, 15) is 0 Å². The number of hydrogen-bond donors (Lipinski definition) is 1. The molecule has 3 nitrogen and oxygen atoms in total. The van der Waals surface area contributed by atoms with Gasteiger partial charge in [0.05, 0.1) is 13.7 Å². The molecule has 0 aliphatic heterocycles. The van der Waals surface area contributed by atoms with Gasteiger partial charge in [0, 0.05) is 0 Å². The molecule has 0 saturated heterocycles. The van der Waals surface area contributed by atoms with Gasteiger partial charge in [0.2, 0.25) is 0 Å². The summed E-state index contributed by atoms with van der Waals surface area (Å²) in [5, 5.41) is 8.49. The van der Waals surface area contributed by atoms with Crippen LogP contribution >= 0.6 is 0 Å². The molecule has 0 saturated carbocycles. The minimum absolute atomic E-state index is 0.0362. The average molecular weight is 170 g/mol. The summed E-state index contributed by atoms with van der Waals surface area (Å²) in [6.45, 7) is 7.30. The topological polar surface area (TPSA) is 38.7 Å². The Kier molecular flexibility index (Phi) is 5.83. The zero-order chi connectivity index (χ0) is 9.40. The average Bonchev–Trinajstić information content (AvgIpc) is 2.11. The Labute approximate surface area is 72.6 Å². The first-order valence-electron chi connectivity index (χ1n) is 3.56. The second-order valence-electron chi connectivity index (χ2n) is 1.97. The van der Waals surface area contributed by atoms with Crippen molar-refractivity contribution in [2.75, 3.05) is 20.3 Å². The van der Waals surface area contributed by atoms with E-state index in [1.807, 2.05) is 0 Å². The van der Waals surface area contributed by atoms with Crippen molar-refractivity contribution >= 4 is 0 Å². The van der Waals surface area contributed by atoms with Crippen LogP contribution in [0.2, 0.25) is 0 Å². The predicted molar refractivity (Wildman–Crippen MR) is 47.5 cm³/mol. The van der Waals surface area contributed by atoms with Gasteiger partial charge in [0.1, 0.15) is 6.61 Å². The van der Waals surface area contributed by atoms with Gasteiger partial charge in [-0.05, 0) is 6.08 Å². The third-order valence-electron chi connectivity index (χ3n) is 1.14. The van der Waals surface area contributed by atoms with Gasteiger partial charge in [-0.2, -0.15) is 0 Å². The van der Waals surface area contributed by atoms with E-state index >= 15 is 0 Å². The van der Waals surface area contributed by atoms with Crippen LogP contribution in [0.25, 0.3) is 0 Å². The van der Waals surface area contributed by atoms with Crippen LogP contribution in [0.3, 0.4) is 0 Å². The molecule has 0 amide bonds. The lowest BCUT2D eigenvalue weighted by molar-refractivity contribution is 0.131. The molecular weight excluding hydrogens is 156 g/mol. The molecule has 0 rings (SSSR count). The zero-order valence-electron chi connectivity index (χ0n) is 7.25. The lowest BCUT2D eigenvalue weighted by Gasteiger charge is -2.09. The second kappa shape index (κ2) is 6.49. The van der Waals surface area contributed by atoms with Gasteiger partial charge in [-0.3, -0.25) is 0 Å². The Bertz CT molecular complexity index is 182. The van der Waals surface area contributed by atoms with E-state index in [1.165, 1.54) is 7.11 Å². The molecule has 0 aliphatic carbocycles. The van der Waals surface area contributed by atoms with Crippen molar-refractivity contribution in [3.8, 4) is 0 Å². The van der Waals surface area contributed by atoms with Crippen LogP contribution in [-0.4, -0.2) is 25.4 Å². The molecule has 0 radical (unpaired) electrons. The third kappa shape index (κ3) is 3.83. The number of rotatable bonds is 6. The Morgan fingerprint density at radius 2 is 2.25 bits per heavy atom. The van der Waals surface area contributed by atoms with E-state index < -0.39 is 0 Å². The molecule has 0 aromatic heterocycles. The molecule has 12 heavy (non-hydrogen) atoms. The minimum atomic E-state index is -0.0362. The van der Waals surface area contributed by atoms with Gasteiger partial charge in [-0.25, -0.2) is 0 Å². The first kappa shape index (κ1) is 10.8. The Morgan fingerprint density at radius 3 is 2.67 bits per heavy atom. The molecule has 0 bridgehead atoms. The summed E-state index contributed by atoms with van der Waals surface area (Å²) < 4.78 is 9.94. The van der Waals surface area contributed by atoms with Crippen molar-refractivity contribution in [2.24, 2.45) is 0 Å². The van der Waals surface area contributed by atoms with Crippen LogP contribution in [-0.2, 0) is 9.47 Å². The summed E-state index contributed by atoms with van der Waals surface area (Å²) in [6, 6.07) is 0. The third-order valence-corrected chi connectivity index (χ3v) is 1.14. The first-order chi connectivity index (χ1) is 5.76. The highest BCUT2D eigenvalue weighted by molar-refractivity contribution is 5.20. The van der Waals surface area contributed by atoms with Crippen LogP contribution in [0, 0.1) is 0 Å². The molecule has 0 aromatic rings. The van der Waals surface area contributed by atoms with E-state index in [4.69, 9.17) is 14.6 Å². The quantitative estimate of drug-likeness (QED) is 0.481. The van der Waals surface area contributed by atoms with E-state index in [2.05, 4.69) is 13.2 Å². The van der Waals surface area contributed by atoms with Crippen molar-refractivity contribution in [2.45, 2.75) is 0 Å². The highest BCUT2D eigenvalue weighted by Crippen LogP contribution is 2.09. The number of aliphatic hydroxyl groups is 1. The van der Waals surface area contributed by atoms with E-state index in [-0.39, 0.29) is 13.2 Å². The van der Waals surface area contributed by atoms with Gasteiger partial charge in [0.25, 0.3) is 0 Å². The minimum Gasteiger partial charge on any atom is -0.493 e. The standard InChI is InChI=1S/C9H14O3/c1-4-5-9(8(2)11-3)12-7-6-10/h4-5,10H,1-2,6-7H2,3H3. The van der Waals surface area contributed by atoms with Gasteiger partial charge >= 0.3 is 0 Å². The van der Waals surface area contributed by atoms with Crippen LogP contribution in [0.4, 0.5) is 0 Å². The van der Waals surface area contributed by atoms with Gasteiger partial charge in [-0.1, -0.05) is 19.2 Å². The molecule has 1 N–H and O–H groups in total. The van der Waals surface area contributed by atoms with Crippen molar-refractivity contribution in [1.82, 2.24) is 0 Å². The lowest BCUT2D eigenvalue weighted by atomic mass is 10.4. The maximum atomic E-state index is 8.49. The summed E-state index contributed by atoms with van der Waals surface area (Å²) >= 11 is 0. The maximum Gasteiger partial charge on any atom is 0.160 e. The van der Waals surface area contributed by atoms with Crippen LogP contribution in [0.1, 0.15) is 0 Å². The smallest absolute Gasteiger partial charge is 0.160 e. The number of hydrogen-bond acceptors (Lipinski definition) is 3. The van der Waals surface area contributed by atoms with Gasteiger partial charge in [0.15, 0.2) is 11.5 Å². The van der Waals surface area contributed by atoms with Crippen molar-refractivity contribution < 1.29 is 14.6 Å². The van der Waals surface area contributed by atoms with E-state index in [0.29, 0.717) is 11.5 Å². The Morgan fingerprint density at radius 1 is 1.58 bits per heavy atom. The summed E-state index contributed by atoms with van der Waals surface area (Å²) in [5.74, 6) is 0.907. The molecule has 68 valence electrons. The molecule has 0 aliphatic rings. The maximum absolute atomic E-state index is 8.49. The summed E-state index contributed by atoms with van der Waals surface area (Å²) in [6.07, 6.45) is 3.19. The van der Waals surface area contributed by atoms with Crippen LogP contribution in [0.15, 0.2) is 36.8 Å². The fraction of sp³-hybridized carbons (Fsp3) is 0.333. The van der Waals surface area contributed by atoms with E-state index in [0.717, 1.165) is 0 Å². The van der Waals surface area contributed by atoms with Crippen molar-refractivity contribution in [3.63, 3.8) is 0 Å². The van der Waals surface area contributed by atoms with Crippen LogP contribution in [0.5, 0.6) is 0 Å². The van der Waals surface area contributed by atoms with Gasteiger partial charge in [-0.15, -0.1) is 0 Å². The molecule has 3 heteroatoms. The zero-order valence-corrected chi connectivity index (χ0v) is 7.25. The van der Waals surface area contributed by atoms with E-state index in [1.54, 1.807) is 12.2 Å². The summed E-state index contributed by atoms with van der Waals surface area (Å²) in [5.41, 5.74) is 0. The number of allylic oxidation sites excluding steroid dienone is 2. The number of methoxy groups -OCH3 is 1. The van der Waals surface area contributed by atoms with Crippen molar-refractivity contribution in [1.29, 1.82) is 0 Å². The second-order valence-corrected chi connectivity index (χ2v) is 1.97. The highest BCUT2D eigenvalue weighted by atomic mass is 16.5. The van der Waals surface area contributed by atoms with Crippen molar-refractivity contribution in [3.05, 3.63) is 36.8 Å². The highest BCUT2D eigenvalue weighted by Gasteiger charge is 2.01. The monoisotopic (exact) mass is 170 g/mol.